The van der Waals surface area contributed by atoms with E-state index in [4.69, 9.17) is 9.47 Å². The first kappa shape index (κ1) is 28.0. The molecule has 6 nitrogen and oxygen atoms in total. The van der Waals surface area contributed by atoms with Crippen molar-refractivity contribution in [2.45, 2.75) is 36.4 Å². The van der Waals surface area contributed by atoms with Crippen molar-refractivity contribution in [3.05, 3.63) is 46.8 Å². The third-order valence-corrected chi connectivity index (χ3v) is 8.24. The molecule has 1 aromatic heterocycles. The van der Waals surface area contributed by atoms with Gasteiger partial charge in [0.2, 0.25) is 6.86 Å². The van der Waals surface area contributed by atoms with Crippen LogP contribution in [0.15, 0.2) is 41.3 Å². The van der Waals surface area contributed by atoms with Crippen molar-refractivity contribution in [2.24, 2.45) is 0 Å². The molecule has 204 valence electrons. The molecule has 3 aromatic rings. The van der Waals surface area contributed by atoms with E-state index in [-0.39, 0.29) is 28.8 Å². The van der Waals surface area contributed by atoms with Gasteiger partial charge in [0.25, 0.3) is 0 Å². The predicted molar refractivity (Wildman–Crippen MR) is 141 cm³/mol. The monoisotopic (exact) mass is 570 g/mol. The number of halogens is 4. The van der Waals surface area contributed by atoms with Crippen LogP contribution in [-0.2, 0) is 21.0 Å². The molecule has 0 saturated carbocycles. The molecule has 0 amide bonds. The van der Waals surface area contributed by atoms with E-state index in [9.17, 15) is 26.0 Å². The quantitative estimate of drug-likeness (QED) is 0.265. The Bertz CT molecular complexity index is 1450. The summed E-state index contributed by atoms with van der Waals surface area (Å²) >= 11 is 1.21. The number of alkyl halides is 4. The number of rotatable bonds is 8. The molecule has 2 N–H and O–H groups in total. The lowest BCUT2D eigenvalue weighted by Crippen LogP contribution is -2.27. The minimum atomic E-state index is -4.41. The van der Waals surface area contributed by atoms with Gasteiger partial charge in [-0.3, -0.25) is 0 Å². The van der Waals surface area contributed by atoms with E-state index in [1.54, 1.807) is 12.1 Å². The van der Waals surface area contributed by atoms with Crippen molar-refractivity contribution < 1.29 is 35.5 Å². The molecule has 0 unspecified atom stereocenters. The second kappa shape index (κ2) is 11.8. The Morgan fingerprint density at radius 1 is 1.16 bits per heavy atom. The Morgan fingerprint density at radius 3 is 2.61 bits per heavy atom. The van der Waals surface area contributed by atoms with Crippen molar-refractivity contribution in [2.75, 3.05) is 43.5 Å². The van der Waals surface area contributed by atoms with Crippen LogP contribution >= 0.6 is 11.3 Å². The average Bonchev–Trinajstić information content (AvgIpc) is 3.19. The van der Waals surface area contributed by atoms with Gasteiger partial charge < -0.3 is 20.1 Å². The van der Waals surface area contributed by atoms with Crippen LogP contribution in [0, 0.1) is 11.8 Å². The summed E-state index contributed by atoms with van der Waals surface area (Å²) in [5.74, 6) is 5.68. The maximum absolute atomic E-state index is 13.5. The van der Waals surface area contributed by atoms with Crippen LogP contribution in [0.1, 0.15) is 23.3 Å². The summed E-state index contributed by atoms with van der Waals surface area (Å²) in [7, 11) is -3.53. The number of anilines is 2. The largest absolute Gasteiger partial charge is 0.461 e. The first-order valence-corrected chi connectivity index (χ1v) is 14.5. The standard InChI is InChI=1S/C26H26F4N2O4S2/c1-38(33,34)18-7-8-21(23(14-18)36-16-27)31-11-3-6-24-20(15-26(28,29)30)19-4-2-5-22(25(19)37-24)32-17-9-12-35-13-10-17/h2,4-5,7-8,14,17,31-32H,9-13,15-16H2,1H3. The molecule has 4 rings (SSSR count). The number of fused-ring (bicyclic) bond motifs is 1. The number of hydrogen-bond acceptors (Lipinski definition) is 7. The van der Waals surface area contributed by atoms with E-state index in [1.807, 2.05) is 6.07 Å². The Hall–Kier alpha value is -3.01. The predicted octanol–water partition coefficient (Wildman–Crippen LogP) is 5.77. The van der Waals surface area contributed by atoms with E-state index in [0.29, 0.717) is 33.9 Å². The summed E-state index contributed by atoms with van der Waals surface area (Å²) < 4.78 is 87.8. The first-order chi connectivity index (χ1) is 18.0. The molecule has 2 heterocycles. The fourth-order valence-electron chi connectivity index (χ4n) is 4.14. The minimum absolute atomic E-state index is 0.00769. The van der Waals surface area contributed by atoms with Gasteiger partial charge in [-0.05, 0) is 42.0 Å². The normalized spacial score (nSPS) is 14.7. The third-order valence-electron chi connectivity index (χ3n) is 5.94. The molecule has 1 saturated heterocycles. The molecular formula is C26H26F4N2O4S2. The van der Waals surface area contributed by atoms with E-state index in [1.165, 1.54) is 29.5 Å². The van der Waals surface area contributed by atoms with E-state index < -0.39 is 29.3 Å². The third kappa shape index (κ3) is 7.09. The molecule has 2 aromatic carbocycles. The van der Waals surface area contributed by atoms with E-state index in [0.717, 1.165) is 24.8 Å². The zero-order valence-corrected chi connectivity index (χ0v) is 22.1. The summed E-state index contributed by atoms with van der Waals surface area (Å²) in [5, 5.41) is 6.87. The lowest BCUT2D eigenvalue weighted by atomic mass is 10.1. The SMILES string of the molecule is CS(=O)(=O)c1ccc(NCC#Cc2sc3c(NC4CCOCC4)cccc3c2CC(F)(F)F)c(OCF)c1. The Balaban J connectivity index is 1.60. The summed E-state index contributed by atoms with van der Waals surface area (Å²) in [6.45, 7) is 0.112. The van der Waals surface area contributed by atoms with Crippen LogP contribution in [0.3, 0.4) is 0 Å². The average molecular weight is 571 g/mol. The van der Waals surface area contributed by atoms with Crippen LogP contribution in [-0.4, -0.2) is 53.5 Å². The first-order valence-electron chi connectivity index (χ1n) is 11.8. The molecule has 0 bridgehead atoms. The number of nitrogens with one attached hydrogen (secondary N) is 2. The van der Waals surface area contributed by atoms with Gasteiger partial charge in [-0.25, -0.2) is 12.8 Å². The fraction of sp³-hybridized carbons (Fsp3) is 0.385. The van der Waals surface area contributed by atoms with Crippen LogP contribution in [0.4, 0.5) is 28.9 Å². The summed E-state index contributed by atoms with van der Waals surface area (Å²) in [4.78, 5) is 0.276. The van der Waals surface area contributed by atoms with Gasteiger partial charge in [-0.15, -0.1) is 11.3 Å². The van der Waals surface area contributed by atoms with Crippen LogP contribution in [0.5, 0.6) is 5.75 Å². The maximum Gasteiger partial charge on any atom is 0.393 e. The van der Waals surface area contributed by atoms with Gasteiger partial charge in [0.1, 0.15) is 5.75 Å². The Morgan fingerprint density at radius 2 is 1.92 bits per heavy atom. The lowest BCUT2D eigenvalue weighted by molar-refractivity contribution is -0.126. The van der Waals surface area contributed by atoms with Crippen molar-refractivity contribution in [1.82, 2.24) is 0 Å². The highest BCUT2D eigenvalue weighted by Crippen LogP contribution is 2.39. The summed E-state index contributed by atoms with van der Waals surface area (Å²) in [6.07, 6.45) is -2.86. The highest BCUT2D eigenvalue weighted by atomic mass is 32.2. The Kier molecular flexibility index (Phi) is 8.70. The Labute approximate surface area is 222 Å². The molecule has 12 heteroatoms. The van der Waals surface area contributed by atoms with Crippen molar-refractivity contribution in [1.29, 1.82) is 0 Å². The minimum Gasteiger partial charge on any atom is -0.461 e. The van der Waals surface area contributed by atoms with Crippen LogP contribution in [0.25, 0.3) is 10.1 Å². The molecule has 1 aliphatic rings. The molecule has 38 heavy (non-hydrogen) atoms. The number of sulfone groups is 1. The van der Waals surface area contributed by atoms with Gasteiger partial charge in [-0.2, -0.15) is 13.2 Å². The van der Waals surface area contributed by atoms with E-state index >= 15 is 0 Å². The second-order valence-corrected chi connectivity index (χ2v) is 11.8. The van der Waals surface area contributed by atoms with Gasteiger partial charge in [0, 0.05) is 31.6 Å². The second-order valence-electron chi connectivity index (χ2n) is 8.75. The molecule has 1 fully saturated rings. The molecule has 0 radical (unpaired) electrons. The van der Waals surface area contributed by atoms with E-state index in [2.05, 4.69) is 22.5 Å². The van der Waals surface area contributed by atoms with Crippen LogP contribution in [0.2, 0.25) is 0 Å². The number of thiophene rings is 1. The molecular weight excluding hydrogens is 544 g/mol. The number of benzene rings is 2. The van der Waals surface area contributed by atoms with Crippen molar-refractivity contribution >= 4 is 42.6 Å². The molecule has 1 aliphatic heterocycles. The van der Waals surface area contributed by atoms with Crippen LogP contribution < -0.4 is 15.4 Å². The molecule has 0 aliphatic carbocycles. The van der Waals surface area contributed by atoms with Gasteiger partial charge >= 0.3 is 6.18 Å². The zero-order valence-electron chi connectivity index (χ0n) is 20.5. The zero-order chi connectivity index (χ0) is 27.3. The van der Waals surface area contributed by atoms with Gasteiger partial charge in [-0.1, -0.05) is 24.0 Å². The van der Waals surface area contributed by atoms with Gasteiger partial charge in [0.05, 0.1) is 38.8 Å². The summed E-state index contributed by atoms with van der Waals surface area (Å²) in [5.41, 5.74) is 1.20. The molecule has 0 atom stereocenters. The maximum atomic E-state index is 13.5. The summed E-state index contributed by atoms with van der Waals surface area (Å²) in [6, 6.07) is 9.41. The highest BCUT2D eigenvalue weighted by Gasteiger charge is 2.31. The lowest BCUT2D eigenvalue weighted by Gasteiger charge is -2.24. The van der Waals surface area contributed by atoms with Gasteiger partial charge in [0.15, 0.2) is 9.84 Å². The topological polar surface area (TPSA) is 76.7 Å². The smallest absolute Gasteiger partial charge is 0.393 e. The van der Waals surface area contributed by atoms with Crippen molar-refractivity contribution in [3.63, 3.8) is 0 Å². The highest BCUT2D eigenvalue weighted by molar-refractivity contribution is 7.90. The molecule has 0 spiro atoms. The number of hydrogen-bond donors (Lipinski definition) is 2. The fourth-order valence-corrected chi connectivity index (χ4v) is 5.95. The number of ether oxygens (including phenoxy) is 2. The van der Waals surface area contributed by atoms with Crippen molar-refractivity contribution in [3.8, 4) is 17.6 Å².